The summed E-state index contributed by atoms with van der Waals surface area (Å²) in [6.45, 7) is 25.3. The lowest BCUT2D eigenvalue weighted by Crippen LogP contribution is -2.37. The van der Waals surface area contributed by atoms with Crippen molar-refractivity contribution in [3.63, 3.8) is 0 Å². The van der Waals surface area contributed by atoms with Gasteiger partial charge in [-0.3, -0.25) is 19.2 Å². The molecule has 0 bridgehead atoms. The molecule has 0 aliphatic rings. The number of rotatable bonds is 38. The van der Waals surface area contributed by atoms with E-state index in [1.165, 1.54) is 111 Å². The number of benzene rings is 4. The highest BCUT2D eigenvalue weighted by Crippen LogP contribution is 2.14. The van der Waals surface area contributed by atoms with Crippen LogP contribution in [0.25, 0.3) is 0 Å². The first kappa shape index (κ1) is 114. The maximum absolute atomic E-state index is 12.1. The molecule has 696 valence electrons. The molecule has 0 fully saturated rings. The molecule has 0 radical (unpaired) electrons. The monoisotopic (exact) mass is 1790 g/mol. The van der Waals surface area contributed by atoms with Gasteiger partial charge in [0.2, 0.25) is 0 Å². The Balaban J connectivity index is 0. The number of ether oxygens (including phenoxy) is 18. The van der Waals surface area contributed by atoms with E-state index in [1.807, 2.05) is 97.1 Å². The van der Waals surface area contributed by atoms with E-state index >= 15 is 0 Å². The van der Waals surface area contributed by atoms with Crippen molar-refractivity contribution in [3.8, 4) is 0 Å². The molecule has 0 saturated carbocycles. The number of hydrogen-bond donors (Lipinski definition) is 4. The van der Waals surface area contributed by atoms with Crippen LogP contribution in [0, 0.1) is 0 Å². The summed E-state index contributed by atoms with van der Waals surface area (Å²) in [6.07, 6.45) is -19.6. The van der Waals surface area contributed by atoms with Gasteiger partial charge in [-0.05, 0) is 133 Å². The summed E-state index contributed by atoms with van der Waals surface area (Å²) in [4.78, 5) is 226. The minimum atomic E-state index is -1.40. The lowest BCUT2D eigenvalue weighted by Gasteiger charge is -2.19. The van der Waals surface area contributed by atoms with Crippen molar-refractivity contribution in [1.29, 1.82) is 0 Å². The number of esters is 18. The predicted molar refractivity (Wildman–Crippen MR) is 424 cm³/mol. The first-order chi connectivity index (χ1) is 58.7. The minimum Gasteiger partial charge on any atom is -0.479 e. The van der Waals surface area contributed by atoms with E-state index in [0.29, 0.717) is 0 Å². The van der Waals surface area contributed by atoms with Gasteiger partial charge in [0.1, 0.15) is 38.6 Å². The molecule has 0 amide bonds. The number of carbonyl (C=O) groups is 20. The van der Waals surface area contributed by atoms with Crippen molar-refractivity contribution < 1.29 is 202 Å². The van der Waals surface area contributed by atoms with E-state index in [0.717, 1.165) is 49.9 Å². The Bertz CT molecular complexity index is 4100. The summed E-state index contributed by atoms with van der Waals surface area (Å²) in [7, 11) is 0. The molecule has 4 rings (SSSR count). The number of aliphatic carboxylic acids is 2. The van der Waals surface area contributed by atoms with Gasteiger partial charge in [-0.15, -0.1) is 0 Å². The number of aliphatic hydroxyl groups is 2. The van der Waals surface area contributed by atoms with Crippen molar-refractivity contribution in [1.82, 2.24) is 0 Å². The molecule has 4 aromatic carbocycles. The van der Waals surface area contributed by atoms with Gasteiger partial charge in [0.25, 0.3) is 0 Å². The van der Waals surface area contributed by atoms with E-state index in [1.54, 1.807) is 24.3 Å². The number of carbonyl (C=O) groups excluding carboxylic acids is 18. The van der Waals surface area contributed by atoms with Crippen LogP contribution in [0.4, 0.5) is 0 Å². The average molecular weight is 1790 g/mol. The summed E-state index contributed by atoms with van der Waals surface area (Å²) in [5.74, 6) is -17.4. The Hall–Kier alpha value is -13.8. The zero-order chi connectivity index (χ0) is 96.8. The standard InChI is InChI=1S/C21H26O10.C15H18O6.C14H20O10.2C13H16O5.C8H12O6/c1-12(18(23)27-11-17-9-7-6-8-10-17)29-20(25)14(3)31-21(26)15(4)30-19(24)13(2)28-16(5)22;1-10(21-15(18)11(2)20-12(3)16)14(17)19-9-13-7-5-4-6-8-13;1-6(11(16)17)22-13(19)8(3)24-14(20)9(4)23-12(18)7(2)21-10(5)15;2*1-9(14)12(15)18-10(2)13(16)17-8-11-6-4-3-5-7-11;1-4(7(10)11)14-8(12)5(2)13-6(3)9/h6-10,12-15H,11H2,1-5H3;4-8,10-11H,9H2,1-3H3;6-9H,1-5H3,(H,16,17);2*3-7,9-10,14H,8H2,1-2H3;4-5H,1-3H3,(H,10,11)/t12-,13-,14-,15-;10-,11-;6-,7-,8-,9-;2*9-,10-;4-,5-/m000000/s1. The highest BCUT2D eigenvalue weighted by Gasteiger charge is 2.34. The van der Waals surface area contributed by atoms with Crippen LogP contribution >= 0.6 is 0 Å². The van der Waals surface area contributed by atoms with Crippen molar-refractivity contribution in [2.75, 3.05) is 0 Å². The molecule has 0 saturated heterocycles. The fourth-order valence-corrected chi connectivity index (χ4v) is 7.76. The lowest BCUT2D eigenvalue weighted by atomic mass is 10.2. The first-order valence-electron chi connectivity index (χ1n) is 38.1. The highest BCUT2D eigenvalue weighted by atomic mass is 16.7. The summed E-state index contributed by atoms with van der Waals surface area (Å²) < 4.78 is 85.8. The zero-order valence-corrected chi connectivity index (χ0v) is 72.9. The van der Waals surface area contributed by atoms with Gasteiger partial charge in [-0.1, -0.05) is 121 Å². The van der Waals surface area contributed by atoms with Crippen LogP contribution in [0.3, 0.4) is 0 Å². The van der Waals surface area contributed by atoms with E-state index in [9.17, 15) is 95.9 Å². The number of hydrogen-bond acceptors (Lipinski definition) is 40. The fraction of sp³-hybridized carbons (Fsp3) is 0.476. The van der Waals surface area contributed by atoms with Crippen molar-refractivity contribution in [2.24, 2.45) is 0 Å². The lowest BCUT2D eigenvalue weighted by molar-refractivity contribution is -0.185. The zero-order valence-electron chi connectivity index (χ0n) is 72.9. The molecular weight excluding hydrogens is 1680 g/mol. The number of aliphatic hydroxyl groups excluding tert-OH is 2. The minimum absolute atomic E-state index is 0.0146. The van der Waals surface area contributed by atoms with Crippen LogP contribution in [-0.2, 0) is 208 Å². The molecular formula is C84H108O42. The van der Waals surface area contributed by atoms with Gasteiger partial charge >= 0.3 is 119 Å². The normalized spacial score (nSPS) is 14.0. The third-order valence-corrected chi connectivity index (χ3v) is 14.6. The SMILES string of the molecule is CC(=O)O[C@@H](C)C(=O)O[C@@H](C)C(=O)O.CC(=O)O[C@@H](C)C(=O)O[C@@H](C)C(=O)OCc1ccccc1.CC(=O)O[C@@H](C)C(=O)O[C@@H](C)C(=O)O[C@@H](C)C(=O)O[C@@H](C)C(=O)O.CC(=O)O[C@@H](C)C(=O)O[C@@H](C)C(=O)O[C@@H](C)C(=O)O[C@@H](C)C(=O)OCc1ccccc1.C[C@H](O)C(=O)O[C@@H](C)C(=O)OCc1ccccc1.C[C@H](O)C(=O)O[C@@H](C)C(=O)OCc1ccccc1. The third-order valence-electron chi connectivity index (χ3n) is 14.6. The van der Waals surface area contributed by atoms with Gasteiger partial charge in [-0.25, -0.2) is 76.7 Å². The quantitative estimate of drug-likeness (QED) is 0.0341. The topological polar surface area (TPSA) is 588 Å². The van der Waals surface area contributed by atoms with Gasteiger partial charge in [-0.2, -0.15) is 0 Å². The summed E-state index contributed by atoms with van der Waals surface area (Å²) in [6, 6.07) is 36.4. The highest BCUT2D eigenvalue weighted by molar-refractivity contribution is 5.88. The van der Waals surface area contributed by atoms with Crippen LogP contribution in [0.1, 0.15) is 161 Å². The van der Waals surface area contributed by atoms with E-state index < -0.39 is 217 Å². The largest absolute Gasteiger partial charge is 0.479 e. The van der Waals surface area contributed by atoms with Gasteiger partial charge in [0.05, 0.1) is 0 Å². The van der Waals surface area contributed by atoms with E-state index in [2.05, 4.69) is 28.4 Å². The van der Waals surface area contributed by atoms with Crippen molar-refractivity contribution in [3.05, 3.63) is 144 Å². The Labute approximate surface area is 724 Å². The molecule has 4 aromatic rings. The second kappa shape index (κ2) is 61.5. The van der Waals surface area contributed by atoms with Gasteiger partial charge in [0, 0.05) is 27.7 Å². The van der Waals surface area contributed by atoms with Crippen molar-refractivity contribution >= 4 is 119 Å². The Morgan fingerprint density at radius 2 is 0.325 bits per heavy atom. The second-order valence-corrected chi connectivity index (χ2v) is 26.2. The molecule has 16 atom stereocenters. The maximum atomic E-state index is 12.1. The van der Waals surface area contributed by atoms with Crippen LogP contribution in [0.2, 0.25) is 0 Å². The third kappa shape index (κ3) is 52.5. The Morgan fingerprint density at radius 3 is 0.460 bits per heavy atom. The van der Waals surface area contributed by atoms with E-state index in [4.69, 9.17) is 77.3 Å². The number of carboxylic acids is 2. The molecule has 0 aliphatic heterocycles. The molecule has 0 unspecified atom stereocenters. The molecule has 0 spiro atoms. The smallest absolute Gasteiger partial charge is 0.347 e. The molecule has 0 aromatic heterocycles. The Kier molecular flexibility index (Phi) is 55.7. The van der Waals surface area contributed by atoms with Gasteiger partial charge < -0.3 is 106 Å². The first-order valence-corrected chi connectivity index (χ1v) is 38.1. The molecule has 42 heteroatoms. The Morgan fingerprint density at radius 1 is 0.198 bits per heavy atom. The van der Waals surface area contributed by atoms with Crippen LogP contribution in [0.5, 0.6) is 0 Å². The van der Waals surface area contributed by atoms with Gasteiger partial charge in [0.15, 0.2) is 85.5 Å². The molecule has 4 N–H and O–H groups in total. The van der Waals surface area contributed by atoms with E-state index in [-0.39, 0.29) is 26.4 Å². The van der Waals surface area contributed by atoms with Crippen LogP contribution in [-0.4, -0.2) is 237 Å². The predicted octanol–water partition coefficient (Wildman–Crippen LogP) is 4.95. The average Bonchev–Trinajstić information content (AvgIpc) is 0.886. The molecule has 126 heavy (non-hydrogen) atoms. The maximum Gasteiger partial charge on any atom is 0.347 e. The molecule has 0 heterocycles. The fourth-order valence-electron chi connectivity index (χ4n) is 7.76. The summed E-state index contributed by atoms with van der Waals surface area (Å²) >= 11 is 0. The van der Waals surface area contributed by atoms with Crippen LogP contribution in [0.15, 0.2) is 121 Å². The van der Waals surface area contributed by atoms with Crippen LogP contribution < -0.4 is 0 Å². The molecule has 0 aliphatic carbocycles. The summed E-state index contributed by atoms with van der Waals surface area (Å²) in [5.41, 5.74) is 3.29. The molecule has 42 nitrogen and oxygen atoms in total. The van der Waals surface area contributed by atoms with Crippen molar-refractivity contribution in [2.45, 2.75) is 263 Å². The summed E-state index contributed by atoms with van der Waals surface area (Å²) in [5, 5.41) is 34.9. The number of carboxylic acid groups (broad SMARTS) is 2. The second-order valence-electron chi connectivity index (χ2n) is 26.2.